The van der Waals surface area contributed by atoms with Gasteiger partial charge in [0.2, 0.25) is 0 Å². The number of hydrogen-bond acceptors (Lipinski definition) is 3. The van der Waals surface area contributed by atoms with Crippen LogP contribution in [0, 0.1) is 26.2 Å². The van der Waals surface area contributed by atoms with Crippen molar-refractivity contribution in [3.63, 3.8) is 0 Å². The Balaban J connectivity index is 1.84. The first-order valence-corrected chi connectivity index (χ1v) is 9.06. The van der Waals surface area contributed by atoms with Gasteiger partial charge in [0, 0.05) is 30.1 Å². The molecule has 2 fully saturated rings. The molecule has 1 aromatic rings. The largest absolute Gasteiger partial charge is 0.396 e. The zero-order valence-corrected chi connectivity index (χ0v) is 15.4. The normalized spacial score (nSPS) is 27.9. The minimum Gasteiger partial charge on any atom is -0.396 e. The van der Waals surface area contributed by atoms with Crippen LogP contribution >= 0.6 is 0 Å². The monoisotopic (exact) mass is 330 g/mol. The van der Waals surface area contributed by atoms with Crippen molar-refractivity contribution in [2.45, 2.75) is 46.1 Å². The number of benzene rings is 1. The summed E-state index contributed by atoms with van der Waals surface area (Å²) in [5.41, 5.74) is 4.25. The Labute approximate surface area is 145 Å². The van der Waals surface area contributed by atoms with Crippen LogP contribution in [0.1, 0.15) is 46.3 Å². The highest BCUT2D eigenvalue weighted by Gasteiger charge is 2.47. The second-order valence-corrected chi connectivity index (χ2v) is 7.87. The van der Waals surface area contributed by atoms with Gasteiger partial charge in [0.05, 0.1) is 6.61 Å². The van der Waals surface area contributed by atoms with E-state index in [1.807, 2.05) is 17.9 Å². The van der Waals surface area contributed by atoms with Gasteiger partial charge in [-0.05, 0) is 76.4 Å². The molecular formula is C20H30N2O2. The zero-order valence-electron chi connectivity index (χ0n) is 15.4. The number of aryl methyl sites for hydroxylation is 3. The van der Waals surface area contributed by atoms with Crippen LogP contribution in [0.15, 0.2) is 12.1 Å². The molecule has 2 atom stereocenters. The predicted octanol–water partition coefficient (Wildman–Crippen LogP) is 2.53. The van der Waals surface area contributed by atoms with E-state index in [0.717, 1.165) is 50.0 Å². The van der Waals surface area contributed by atoms with Crippen molar-refractivity contribution in [3.05, 3.63) is 34.4 Å². The second kappa shape index (κ2) is 6.49. The van der Waals surface area contributed by atoms with Crippen LogP contribution in [0.2, 0.25) is 0 Å². The number of carbonyl (C=O) groups excluding carboxylic acids is 1. The summed E-state index contributed by atoms with van der Waals surface area (Å²) in [5.74, 6) is 0.140. The van der Waals surface area contributed by atoms with Gasteiger partial charge in [-0.3, -0.25) is 4.79 Å². The van der Waals surface area contributed by atoms with Gasteiger partial charge in [-0.1, -0.05) is 6.07 Å². The van der Waals surface area contributed by atoms with E-state index in [4.69, 9.17) is 0 Å². The summed E-state index contributed by atoms with van der Waals surface area (Å²) in [6.45, 7) is 8.92. The summed E-state index contributed by atoms with van der Waals surface area (Å²) in [6, 6.07) is 4.41. The third-order valence-electron chi connectivity index (χ3n) is 6.37. The lowest BCUT2D eigenvalue weighted by Crippen LogP contribution is -2.62. The van der Waals surface area contributed by atoms with Crippen LogP contribution in [0.25, 0.3) is 0 Å². The van der Waals surface area contributed by atoms with Crippen LogP contribution in [-0.2, 0) is 0 Å². The van der Waals surface area contributed by atoms with E-state index in [1.54, 1.807) is 0 Å². The number of amides is 1. The molecule has 0 unspecified atom stereocenters. The molecule has 24 heavy (non-hydrogen) atoms. The maximum atomic E-state index is 13.1. The van der Waals surface area contributed by atoms with Crippen molar-refractivity contribution in [3.8, 4) is 0 Å². The Kier molecular flexibility index (Phi) is 4.71. The maximum absolute atomic E-state index is 13.1. The number of likely N-dealkylation sites (N-methyl/N-ethyl adjacent to an activating group) is 1. The van der Waals surface area contributed by atoms with Crippen molar-refractivity contribution < 1.29 is 9.90 Å². The first-order chi connectivity index (χ1) is 11.4. The van der Waals surface area contributed by atoms with Gasteiger partial charge in [-0.15, -0.1) is 0 Å². The summed E-state index contributed by atoms with van der Waals surface area (Å²) < 4.78 is 0. The predicted molar refractivity (Wildman–Crippen MR) is 96.3 cm³/mol. The molecule has 1 aromatic carbocycles. The molecule has 0 spiro atoms. The first kappa shape index (κ1) is 17.4. The average molecular weight is 330 g/mol. The number of carbonyl (C=O) groups is 1. The van der Waals surface area contributed by atoms with Crippen LogP contribution in [0.4, 0.5) is 0 Å². The van der Waals surface area contributed by atoms with Crippen LogP contribution < -0.4 is 0 Å². The molecule has 2 saturated heterocycles. The molecule has 0 aliphatic carbocycles. The first-order valence-electron chi connectivity index (χ1n) is 9.06. The van der Waals surface area contributed by atoms with Gasteiger partial charge in [-0.25, -0.2) is 0 Å². The van der Waals surface area contributed by atoms with E-state index in [1.165, 1.54) is 11.1 Å². The topological polar surface area (TPSA) is 43.8 Å². The van der Waals surface area contributed by atoms with Crippen LogP contribution in [-0.4, -0.2) is 60.1 Å². The minimum absolute atomic E-state index is 0.0258. The molecule has 0 aromatic heterocycles. The third kappa shape index (κ3) is 2.86. The number of piperidine rings is 2. The van der Waals surface area contributed by atoms with Gasteiger partial charge < -0.3 is 14.9 Å². The number of likely N-dealkylation sites (tertiary alicyclic amines) is 2. The molecule has 132 valence electrons. The Morgan fingerprint density at radius 2 is 1.88 bits per heavy atom. The Morgan fingerprint density at radius 1 is 1.17 bits per heavy atom. The zero-order chi connectivity index (χ0) is 17.5. The molecule has 2 aliphatic rings. The summed E-state index contributed by atoms with van der Waals surface area (Å²) in [7, 11) is 2.13. The van der Waals surface area contributed by atoms with Gasteiger partial charge in [-0.2, -0.15) is 0 Å². The molecular weight excluding hydrogens is 300 g/mol. The van der Waals surface area contributed by atoms with E-state index in [9.17, 15) is 9.90 Å². The van der Waals surface area contributed by atoms with E-state index in [2.05, 4.69) is 31.9 Å². The second-order valence-electron chi connectivity index (χ2n) is 7.87. The molecule has 2 heterocycles. The van der Waals surface area contributed by atoms with Gasteiger partial charge >= 0.3 is 0 Å². The highest BCUT2D eigenvalue weighted by atomic mass is 16.3. The third-order valence-corrected chi connectivity index (χ3v) is 6.37. The molecule has 1 amide bonds. The molecule has 1 N–H and O–H groups in total. The highest BCUT2D eigenvalue weighted by molar-refractivity contribution is 5.96. The highest BCUT2D eigenvalue weighted by Crippen LogP contribution is 2.41. The molecule has 2 aliphatic heterocycles. The van der Waals surface area contributed by atoms with Crippen molar-refractivity contribution in [1.29, 1.82) is 0 Å². The Hall–Kier alpha value is -1.39. The number of fused-ring (bicyclic) bond motifs is 1. The minimum atomic E-state index is -0.0258. The molecule has 4 heteroatoms. The van der Waals surface area contributed by atoms with E-state index < -0.39 is 0 Å². The molecule has 0 radical (unpaired) electrons. The molecule has 0 saturated carbocycles. The van der Waals surface area contributed by atoms with Crippen LogP contribution in [0.5, 0.6) is 0 Å². The van der Waals surface area contributed by atoms with Gasteiger partial charge in [0.25, 0.3) is 5.91 Å². The fourth-order valence-corrected chi connectivity index (χ4v) is 4.56. The Morgan fingerprint density at radius 3 is 2.58 bits per heavy atom. The standard InChI is InChI=1S/C20H30N2O2/c1-14-10-16(3)17(11-15(14)2)19(24)22-9-7-20(13-23)6-5-8-21(4)18(20)12-22/h10-11,18,23H,5-9,12-13H2,1-4H3/t18-,20-/m1/s1. The van der Waals surface area contributed by atoms with Gasteiger partial charge in [0.15, 0.2) is 0 Å². The lowest BCUT2D eigenvalue weighted by molar-refractivity contribution is -0.0601. The van der Waals surface area contributed by atoms with Crippen molar-refractivity contribution in [1.82, 2.24) is 9.80 Å². The van der Waals surface area contributed by atoms with E-state index in [0.29, 0.717) is 0 Å². The number of aliphatic hydroxyl groups is 1. The SMILES string of the molecule is Cc1cc(C)c(C(=O)N2CC[C@@]3(CO)CCCN(C)[C@@H]3C2)cc1C. The summed E-state index contributed by atoms with van der Waals surface area (Å²) >= 11 is 0. The smallest absolute Gasteiger partial charge is 0.254 e. The molecule has 4 nitrogen and oxygen atoms in total. The summed E-state index contributed by atoms with van der Waals surface area (Å²) in [6.07, 6.45) is 3.11. The fourth-order valence-electron chi connectivity index (χ4n) is 4.56. The van der Waals surface area contributed by atoms with Crippen molar-refractivity contribution >= 4 is 5.91 Å². The van der Waals surface area contributed by atoms with E-state index in [-0.39, 0.29) is 24.0 Å². The number of nitrogens with zero attached hydrogens (tertiary/aromatic N) is 2. The van der Waals surface area contributed by atoms with Crippen molar-refractivity contribution in [2.75, 3.05) is 33.3 Å². The molecule has 3 rings (SSSR count). The lowest BCUT2D eigenvalue weighted by Gasteiger charge is -2.53. The number of rotatable bonds is 2. The number of hydrogen-bond donors (Lipinski definition) is 1. The average Bonchev–Trinajstić information content (AvgIpc) is 2.57. The molecule has 0 bridgehead atoms. The summed E-state index contributed by atoms with van der Waals surface area (Å²) in [4.78, 5) is 17.4. The quantitative estimate of drug-likeness (QED) is 0.906. The van der Waals surface area contributed by atoms with E-state index >= 15 is 0 Å². The fraction of sp³-hybridized carbons (Fsp3) is 0.650. The lowest BCUT2D eigenvalue weighted by atomic mass is 9.69. The van der Waals surface area contributed by atoms with Crippen LogP contribution in [0.3, 0.4) is 0 Å². The maximum Gasteiger partial charge on any atom is 0.254 e. The van der Waals surface area contributed by atoms with Gasteiger partial charge in [0.1, 0.15) is 0 Å². The number of aliphatic hydroxyl groups excluding tert-OH is 1. The Bertz CT molecular complexity index is 643. The summed E-state index contributed by atoms with van der Waals surface area (Å²) in [5, 5.41) is 10.0. The van der Waals surface area contributed by atoms with Crippen molar-refractivity contribution in [2.24, 2.45) is 5.41 Å².